The number of hydrogen-bond acceptors (Lipinski definition) is 2. The molecule has 3 heteroatoms. The highest BCUT2D eigenvalue weighted by molar-refractivity contribution is 6.16. The highest BCUT2D eigenvalue weighted by atomic mass is 15.1. The first kappa shape index (κ1) is 29.4. The molecule has 0 radical (unpaired) electrons. The summed E-state index contributed by atoms with van der Waals surface area (Å²) in [5.41, 5.74) is 13.9. The van der Waals surface area contributed by atoms with Crippen LogP contribution in [0.4, 0.5) is 17.1 Å². The number of rotatable bonds is 7. The number of benzene rings is 7. The molecule has 0 atom stereocenters. The maximum Gasteiger partial charge on any atom is 0.0562 e. The van der Waals surface area contributed by atoms with Gasteiger partial charge in [0.25, 0.3) is 0 Å². The fourth-order valence-electron chi connectivity index (χ4n) is 7.09. The van der Waals surface area contributed by atoms with Crippen LogP contribution in [0.25, 0.3) is 60.9 Å². The number of pyridine rings is 1. The van der Waals surface area contributed by atoms with Crippen molar-refractivity contribution in [2.45, 2.75) is 0 Å². The molecule has 0 saturated heterocycles. The molecular formula is C47H33N3. The van der Waals surface area contributed by atoms with Crippen molar-refractivity contribution in [3.8, 4) is 39.1 Å². The van der Waals surface area contributed by atoms with Crippen molar-refractivity contribution in [2.75, 3.05) is 4.90 Å². The van der Waals surface area contributed by atoms with Gasteiger partial charge in [0.1, 0.15) is 0 Å². The van der Waals surface area contributed by atoms with Crippen LogP contribution >= 0.6 is 0 Å². The zero-order valence-electron chi connectivity index (χ0n) is 27.4. The van der Waals surface area contributed by atoms with Gasteiger partial charge >= 0.3 is 0 Å². The van der Waals surface area contributed by atoms with Crippen molar-refractivity contribution in [1.29, 1.82) is 0 Å². The van der Waals surface area contributed by atoms with E-state index in [1.54, 1.807) is 0 Å². The van der Waals surface area contributed by atoms with Crippen LogP contribution in [-0.2, 0) is 0 Å². The summed E-state index contributed by atoms with van der Waals surface area (Å²) in [5.74, 6) is 0. The van der Waals surface area contributed by atoms with E-state index in [4.69, 9.17) is 0 Å². The first-order valence-corrected chi connectivity index (χ1v) is 17.0. The van der Waals surface area contributed by atoms with Gasteiger partial charge in [-0.3, -0.25) is 4.98 Å². The van der Waals surface area contributed by atoms with Crippen LogP contribution in [0.5, 0.6) is 0 Å². The molecule has 2 heterocycles. The Hall–Kier alpha value is -6.71. The molecule has 2 aromatic heterocycles. The Morgan fingerprint density at radius 2 is 0.900 bits per heavy atom. The Morgan fingerprint density at radius 1 is 0.380 bits per heavy atom. The van der Waals surface area contributed by atoms with Crippen molar-refractivity contribution in [3.63, 3.8) is 0 Å². The lowest BCUT2D eigenvalue weighted by molar-refractivity contribution is 1.18. The zero-order chi connectivity index (χ0) is 33.3. The second kappa shape index (κ2) is 12.7. The van der Waals surface area contributed by atoms with Crippen molar-refractivity contribution in [2.24, 2.45) is 0 Å². The summed E-state index contributed by atoms with van der Waals surface area (Å²) < 4.78 is 2.38. The van der Waals surface area contributed by atoms with Gasteiger partial charge in [0.15, 0.2) is 0 Å². The van der Waals surface area contributed by atoms with Crippen LogP contribution in [0, 0.1) is 0 Å². The maximum absolute atomic E-state index is 4.32. The average Bonchev–Trinajstić information content (AvgIpc) is 3.55. The number of para-hydroxylation sites is 2. The lowest BCUT2D eigenvalue weighted by atomic mass is 10.00. The lowest BCUT2D eigenvalue weighted by Crippen LogP contribution is -2.10. The Bertz CT molecular complexity index is 2540. The third-order valence-electron chi connectivity index (χ3n) is 9.50. The standard InChI is InChI=1S/C47H33N3/c1-3-11-34(12-4-1)35-20-22-36(23-21-35)37-24-28-41(29-25-37)49(40-14-5-2-6-15-40)45-18-9-19-46-47(45)43-16-7-8-17-44(43)50(46)42-30-26-38(27-31-42)39-13-10-32-48-33-39/h1-33H. The summed E-state index contributed by atoms with van der Waals surface area (Å²) in [4.78, 5) is 6.70. The van der Waals surface area contributed by atoms with Crippen molar-refractivity contribution < 1.29 is 0 Å². The molecule has 0 fully saturated rings. The third-order valence-corrected chi connectivity index (χ3v) is 9.50. The van der Waals surface area contributed by atoms with Crippen molar-refractivity contribution in [1.82, 2.24) is 9.55 Å². The molecule has 0 aliphatic heterocycles. The SMILES string of the molecule is c1ccc(-c2ccc(-c3ccc(N(c4ccccc4)c4cccc5c4c4ccccc4n5-c4ccc(-c5cccnc5)cc4)cc3)cc2)cc1. The van der Waals surface area contributed by atoms with Gasteiger partial charge in [0, 0.05) is 40.2 Å². The maximum atomic E-state index is 4.32. The van der Waals surface area contributed by atoms with Gasteiger partial charge < -0.3 is 9.47 Å². The van der Waals surface area contributed by atoms with Crippen LogP contribution in [-0.4, -0.2) is 9.55 Å². The first-order valence-electron chi connectivity index (χ1n) is 17.0. The van der Waals surface area contributed by atoms with Crippen LogP contribution in [0.15, 0.2) is 200 Å². The van der Waals surface area contributed by atoms with E-state index in [0.717, 1.165) is 39.4 Å². The van der Waals surface area contributed by atoms with E-state index in [2.05, 4.69) is 196 Å². The van der Waals surface area contributed by atoms with Gasteiger partial charge in [-0.15, -0.1) is 0 Å². The minimum atomic E-state index is 1.10. The normalized spacial score (nSPS) is 11.2. The number of hydrogen-bond donors (Lipinski definition) is 0. The van der Waals surface area contributed by atoms with Gasteiger partial charge in [-0.25, -0.2) is 0 Å². The van der Waals surface area contributed by atoms with E-state index in [-0.39, 0.29) is 0 Å². The summed E-state index contributed by atoms with van der Waals surface area (Å²) >= 11 is 0. The zero-order valence-corrected chi connectivity index (χ0v) is 27.4. The number of anilines is 3. The molecule has 0 amide bonds. The fourth-order valence-corrected chi connectivity index (χ4v) is 7.09. The van der Waals surface area contributed by atoms with Crippen molar-refractivity contribution >= 4 is 38.9 Å². The molecule has 0 bridgehead atoms. The number of fused-ring (bicyclic) bond motifs is 3. The lowest BCUT2D eigenvalue weighted by Gasteiger charge is -2.26. The molecule has 7 aromatic carbocycles. The molecule has 3 nitrogen and oxygen atoms in total. The summed E-state index contributed by atoms with van der Waals surface area (Å²) in [7, 11) is 0. The molecule has 0 aliphatic rings. The quantitative estimate of drug-likeness (QED) is 0.173. The van der Waals surface area contributed by atoms with Gasteiger partial charge in [0.05, 0.1) is 16.7 Å². The van der Waals surface area contributed by atoms with Gasteiger partial charge in [-0.1, -0.05) is 127 Å². The molecule has 0 N–H and O–H groups in total. The van der Waals surface area contributed by atoms with E-state index in [9.17, 15) is 0 Å². The van der Waals surface area contributed by atoms with Crippen LogP contribution in [0.1, 0.15) is 0 Å². The Balaban J connectivity index is 1.15. The Kier molecular flexibility index (Phi) is 7.49. The van der Waals surface area contributed by atoms with Crippen LogP contribution in [0.2, 0.25) is 0 Å². The predicted molar refractivity (Wildman–Crippen MR) is 210 cm³/mol. The van der Waals surface area contributed by atoms with Gasteiger partial charge in [0.2, 0.25) is 0 Å². The molecule has 9 rings (SSSR count). The average molecular weight is 640 g/mol. The Morgan fingerprint density at radius 3 is 1.58 bits per heavy atom. The van der Waals surface area contributed by atoms with Crippen LogP contribution < -0.4 is 4.90 Å². The summed E-state index contributed by atoms with van der Waals surface area (Å²) in [6.45, 7) is 0. The van der Waals surface area contributed by atoms with Gasteiger partial charge in [-0.05, 0) is 94.0 Å². The molecule has 0 spiro atoms. The van der Waals surface area contributed by atoms with E-state index in [1.165, 1.54) is 38.5 Å². The predicted octanol–water partition coefficient (Wildman–Crippen LogP) is 12.6. The molecule has 0 unspecified atom stereocenters. The smallest absolute Gasteiger partial charge is 0.0562 e. The molecule has 0 saturated carbocycles. The number of aromatic nitrogens is 2. The van der Waals surface area contributed by atoms with E-state index in [1.807, 2.05) is 18.5 Å². The molecule has 236 valence electrons. The second-order valence-corrected chi connectivity index (χ2v) is 12.5. The summed E-state index contributed by atoms with van der Waals surface area (Å²) in [6.07, 6.45) is 3.72. The third kappa shape index (κ3) is 5.32. The van der Waals surface area contributed by atoms with E-state index >= 15 is 0 Å². The summed E-state index contributed by atoms with van der Waals surface area (Å²) in [6, 6.07) is 67.2. The second-order valence-electron chi connectivity index (χ2n) is 12.5. The van der Waals surface area contributed by atoms with Crippen LogP contribution in [0.3, 0.4) is 0 Å². The summed E-state index contributed by atoms with van der Waals surface area (Å²) in [5, 5.41) is 2.43. The fraction of sp³-hybridized carbons (Fsp3) is 0. The number of nitrogens with zero attached hydrogens (tertiary/aromatic N) is 3. The first-order chi connectivity index (χ1) is 24.8. The van der Waals surface area contributed by atoms with Crippen molar-refractivity contribution in [3.05, 3.63) is 200 Å². The molecule has 50 heavy (non-hydrogen) atoms. The minimum Gasteiger partial charge on any atom is -0.310 e. The molecule has 0 aliphatic carbocycles. The topological polar surface area (TPSA) is 21.1 Å². The minimum absolute atomic E-state index is 1.10. The van der Waals surface area contributed by atoms with E-state index in [0.29, 0.717) is 0 Å². The Labute approximate surface area is 292 Å². The highest BCUT2D eigenvalue weighted by Gasteiger charge is 2.21. The highest BCUT2D eigenvalue weighted by Crippen LogP contribution is 2.44. The largest absolute Gasteiger partial charge is 0.310 e. The molecule has 9 aromatic rings. The van der Waals surface area contributed by atoms with E-state index < -0.39 is 0 Å². The molecular weight excluding hydrogens is 607 g/mol. The van der Waals surface area contributed by atoms with Gasteiger partial charge in [-0.2, -0.15) is 0 Å². The monoisotopic (exact) mass is 639 g/mol.